The monoisotopic (exact) mass is 346 g/mol. The molecule has 0 aliphatic carbocycles. The molecule has 6 heteroatoms. The second-order valence-corrected chi connectivity index (χ2v) is 5.70. The Bertz CT molecular complexity index is 702. The van der Waals surface area contributed by atoms with E-state index in [1.54, 1.807) is 24.3 Å². The smallest absolute Gasteiger partial charge is 0.242 e. The first-order chi connectivity index (χ1) is 11.5. The van der Waals surface area contributed by atoms with Gasteiger partial charge in [-0.3, -0.25) is 20.4 Å². The van der Waals surface area contributed by atoms with Crippen LogP contribution in [-0.2, 0) is 16.0 Å². The molecule has 0 heterocycles. The average molecular weight is 347 g/mol. The molecule has 2 aromatic carbocycles. The van der Waals surface area contributed by atoms with Crippen LogP contribution in [0.2, 0.25) is 5.02 Å². The van der Waals surface area contributed by atoms with E-state index in [1.165, 1.54) is 0 Å². The molecule has 0 bridgehead atoms. The molecule has 0 atom stereocenters. The van der Waals surface area contributed by atoms with Gasteiger partial charge < -0.3 is 4.74 Å². The highest BCUT2D eigenvalue weighted by Gasteiger charge is 2.07. The lowest BCUT2D eigenvalue weighted by molar-refractivity contribution is -0.128. The number of carbonyl (C=O) groups is 2. The summed E-state index contributed by atoms with van der Waals surface area (Å²) in [6, 6.07) is 14.5. The molecule has 0 saturated heterocycles. The number of carbonyl (C=O) groups excluding carboxylic acids is 2. The topological polar surface area (TPSA) is 67.4 Å². The maximum absolute atomic E-state index is 11.8. The molecule has 126 valence electrons. The molecule has 24 heavy (non-hydrogen) atoms. The summed E-state index contributed by atoms with van der Waals surface area (Å²) in [4.78, 5) is 23.4. The lowest BCUT2D eigenvalue weighted by atomic mass is 10.1. The van der Waals surface area contributed by atoms with E-state index in [1.807, 2.05) is 31.2 Å². The van der Waals surface area contributed by atoms with Crippen molar-refractivity contribution >= 4 is 23.4 Å². The molecular formula is C18H19ClN2O3. The van der Waals surface area contributed by atoms with Crippen LogP contribution in [0, 0.1) is 6.92 Å². The Balaban J connectivity index is 1.66. The van der Waals surface area contributed by atoms with Gasteiger partial charge in [0, 0.05) is 5.02 Å². The molecule has 0 unspecified atom stereocenters. The zero-order chi connectivity index (χ0) is 17.4. The van der Waals surface area contributed by atoms with Crippen molar-refractivity contribution in [2.45, 2.75) is 19.8 Å². The molecular weight excluding hydrogens is 328 g/mol. The largest absolute Gasteiger partial charge is 0.493 e. The molecule has 0 aliphatic rings. The molecule has 5 nitrogen and oxygen atoms in total. The van der Waals surface area contributed by atoms with Gasteiger partial charge in [0.25, 0.3) is 0 Å². The first-order valence-corrected chi connectivity index (χ1v) is 7.93. The van der Waals surface area contributed by atoms with E-state index in [9.17, 15) is 9.59 Å². The normalized spacial score (nSPS) is 10.1. The zero-order valence-corrected chi connectivity index (χ0v) is 14.1. The van der Waals surface area contributed by atoms with Crippen molar-refractivity contribution in [2.24, 2.45) is 0 Å². The van der Waals surface area contributed by atoms with Crippen LogP contribution in [0.5, 0.6) is 5.75 Å². The number of nitrogens with one attached hydrogen (secondary N) is 2. The first kappa shape index (κ1) is 17.8. The summed E-state index contributed by atoms with van der Waals surface area (Å²) in [6.07, 6.45) is 0.312. The van der Waals surface area contributed by atoms with Crippen LogP contribution in [-0.4, -0.2) is 18.4 Å². The number of hydrogen-bond acceptors (Lipinski definition) is 3. The lowest BCUT2D eigenvalue weighted by Gasteiger charge is -2.10. The predicted octanol–water partition coefficient (Wildman–Crippen LogP) is 2.81. The second kappa shape index (κ2) is 8.93. The number of aryl methyl sites for hydroxylation is 1. The SMILES string of the molecule is Cc1ccccc1OCCC(=O)NNC(=O)Cc1ccc(Cl)cc1. The highest BCUT2D eigenvalue weighted by molar-refractivity contribution is 6.30. The van der Waals surface area contributed by atoms with E-state index in [-0.39, 0.29) is 31.3 Å². The van der Waals surface area contributed by atoms with Gasteiger partial charge in [0.05, 0.1) is 19.4 Å². The Morgan fingerprint density at radius 1 is 1.00 bits per heavy atom. The third-order valence-electron chi connectivity index (χ3n) is 3.30. The summed E-state index contributed by atoms with van der Waals surface area (Å²) in [7, 11) is 0. The fourth-order valence-electron chi connectivity index (χ4n) is 2.01. The van der Waals surface area contributed by atoms with Crippen LogP contribution in [0.3, 0.4) is 0 Å². The molecule has 2 rings (SSSR count). The Morgan fingerprint density at radius 3 is 2.38 bits per heavy atom. The van der Waals surface area contributed by atoms with Gasteiger partial charge in [-0.05, 0) is 36.2 Å². The number of hydrogen-bond donors (Lipinski definition) is 2. The van der Waals surface area contributed by atoms with Gasteiger partial charge in [0.2, 0.25) is 11.8 Å². The zero-order valence-electron chi connectivity index (χ0n) is 13.3. The number of benzene rings is 2. The summed E-state index contributed by atoms with van der Waals surface area (Å²) in [5.41, 5.74) is 6.57. The fourth-order valence-corrected chi connectivity index (χ4v) is 2.13. The van der Waals surface area contributed by atoms with Crippen LogP contribution < -0.4 is 15.6 Å². The van der Waals surface area contributed by atoms with Crippen LogP contribution in [0.4, 0.5) is 0 Å². The molecule has 0 aliphatic heterocycles. The van der Waals surface area contributed by atoms with Crippen LogP contribution in [0.1, 0.15) is 17.5 Å². The Kier molecular flexibility index (Phi) is 6.63. The van der Waals surface area contributed by atoms with Gasteiger partial charge in [-0.2, -0.15) is 0 Å². The summed E-state index contributed by atoms with van der Waals surface area (Å²) < 4.78 is 5.54. The van der Waals surface area contributed by atoms with Crippen molar-refractivity contribution in [1.82, 2.24) is 10.9 Å². The van der Waals surface area contributed by atoms with E-state index >= 15 is 0 Å². The minimum absolute atomic E-state index is 0.148. The number of para-hydroxylation sites is 1. The fraction of sp³-hybridized carbons (Fsp3) is 0.222. The summed E-state index contributed by atoms with van der Waals surface area (Å²) in [5.74, 6) is 0.135. The van der Waals surface area contributed by atoms with Gasteiger partial charge >= 0.3 is 0 Å². The van der Waals surface area contributed by atoms with Gasteiger partial charge in [-0.1, -0.05) is 41.9 Å². The quantitative estimate of drug-likeness (QED) is 0.790. The maximum atomic E-state index is 11.8. The Hall–Kier alpha value is -2.53. The van der Waals surface area contributed by atoms with Crippen LogP contribution in [0.15, 0.2) is 48.5 Å². The van der Waals surface area contributed by atoms with Crippen molar-refractivity contribution in [1.29, 1.82) is 0 Å². The molecule has 0 spiro atoms. The first-order valence-electron chi connectivity index (χ1n) is 7.55. The summed E-state index contributed by atoms with van der Waals surface area (Å²) in [5, 5.41) is 0.612. The van der Waals surface area contributed by atoms with Crippen molar-refractivity contribution in [3.8, 4) is 5.75 Å². The molecule has 0 aromatic heterocycles. The van der Waals surface area contributed by atoms with Gasteiger partial charge in [0.15, 0.2) is 0 Å². The van der Waals surface area contributed by atoms with E-state index in [0.29, 0.717) is 5.02 Å². The number of halogens is 1. The number of ether oxygens (including phenoxy) is 1. The van der Waals surface area contributed by atoms with Crippen molar-refractivity contribution in [2.75, 3.05) is 6.61 Å². The molecule has 0 fully saturated rings. The standard InChI is InChI=1S/C18H19ClN2O3/c1-13-4-2-3-5-16(13)24-11-10-17(22)20-21-18(23)12-14-6-8-15(19)9-7-14/h2-9H,10-12H2,1H3,(H,20,22)(H,21,23). The molecule has 0 saturated carbocycles. The lowest BCUT2D eigenvalue weighted by Crippen LogP contribution is -2.42. The van der Waals surface area contributed by atoms with Gasteiger partial charge in [0.1, 0.15) is 5.75 Å². The second-order valence-electron chi connectivity index (χ2n) is 5.26. The highest BCUT2D eigenvalue weighted by atomic mass is 35.5. The minimum atomic E-state index is -0.312. The van der Waals surface area contributed by atoms with E-state index in [0.717, 1.165) is 16.9 Å². The number of rotatable bonds is 6. The van der Waals surface area contributed by atoms with Gasteiger partial charge in [-0.15, -0.1) is 0 Å². The Labute approximate surface area is 145 Å². The molecule has 2 amide bonds. The summed E-state index contributed by atoms with van der Waals surface area (Å²) in [6.45, 7) is 2.18. The number of amides is 2. The van der Waals surface area contributed by atoms with Crippen molar-refractivity contribution < 1.29 is 14.3 Å². The highest BCUT2D eigenvalue weighted by Crippen LogP contribution is 2.16. The van der Waals surface area contributed by atoms with Crippen LogP contribution in [0.25, 0.3) is 0 Å². The predicted molar refractivity (Wildman–Crippen MR) is 92.7 cm³/mol. The van der Waals surface area contributed by atoms with E-state index in [4.69, 9.17) is 16.3 Å². The summed E-state index contributed by atoms with van der Waals surface area (Å²) >= 11 is 5.78. The molecule has 2 N–H and O–H groups in total. The number of hydrazine groups is 1. The molecule has 0 radical (unpaired) electrons. The van der Waals surface area contributed by atoms with E-state index < -0.39 is 0 Å². The van der Waals surface area contributed by atoms with Gasteiger partial charge in [-0.25, -0.2) is 0 Å². The average Bonchev–Trinajstić information content (AvgIpc) is 2.57. The third-order valence-corrected chi connectivity index (χ3v) is 3.55. The third kappa shape index (κ3) is 5.93. The van der Waals surface area contributed by atoms with Crippen molar-refractivity contribution in [3.63, 3.8) is 0 Å². The Morgan fingerprint density at radius 2 is 1.67 bits per heavy atom. The molecule has 2 aromatic rings. The van der Waals surface area contributed by atoms with Crippen LogP contribution >= 0.6 is 11.6 Å². The maximum Gasteiger partial charge on any atom is 0.242 e. The minimum Gasteiger partial charge on any atom is -0.493 e. The van der Waals surface area contributed by atoms with Crippen molar-refractivity contribution in [3.05, 3.63) is 64.7 Å². The van der Waals surface area contributed by atoms with E-state index in [2.05, 4.69) is 10.9 Å².